The largest absolute Gasteiger partial charge is 0.472 e. The van der Waals surface area contributed by atoms with Gasteiger partial charge in [0.15, 0.2) is 0 Å². The van der Waals surface area contributed by atoms with Gasteiger partial charge < -0.3 is 14.2 Å². The van der Waals surface area contributed by atoms with Crippen LogP contribution < -0.4 is 5.32 Å². The molecule has 0 radical (unpaired) electrons. The van der Waals surface area contributed by atoms with E-state index in [1.54, 1.807) is 18.6 Å². The molecule has 1 N–H and O–H groups in total. The summed E-state index contributed by atoms with van der Waals surface area (Å²) >= 11 is 6.04. The lowest BCUT2D eigenvalue weighted by molar-refractivity contribution is -0.120. The van der Waals surface area contributed by atoms with Crippen molar-refractivity contribution in [1.82, 2.24) is 5.32 Å². The minimum atomic E-state index is -0.102. The summed E-state index contributed by atoms with van der Waals surface area (Å²) in [5.41, 5.74) is 1.67. The van der Waals surface area contributed by atoms with Crippen LogP contribution >= 0.6 is 11.6 Å². The maximum atomic E-state index is 11.9. The Morgan fingerprint density at radius 2 is 2.00 bits per heavy atom. The van der Waals surface area contributed by atoms with Crippen molar-refractivity contribution < 1.29 is 13.6 Å². The van der Waals surface area contributed by atoms with E-state index in [0.717, 1.165) is 11.1 Å². The van der Waals surface area contributed by atoms with Crippen LogP contribution in [0.4, 0.5) is 0 Å². The number of hydrogen-bond acceptors (Lipinski definition) is 3. The molecule has 3 rings (SSSR count). The van der Waals surface area contributed by atoms with Gasteiger partial charge in [-0.1, -0.05) is 29.8 Å². The number of amides is 1. The van der Waals surface area contributed by atoms with Crippen molar-refractivity contribution >= 4 is 17.5 Å². The van der Waals surface area contributed by atoms with Gasteiger partial charge in [0.1, 0.15) is 17.8 Å². The molecule has 0 aliphatic rings. The van der Waals surface area contributed by atoms with Crippen LogP contribution in [0.15, 0.2) is 63.8 Å². The SMILES string of the molecule is O=C(Cc1ccccc1Cl)NCc1ccc(-c2ccoc2)o1. The van der Waals surface area contributed by atoms with E-state index in [1.807, 2.05) is 36.4 Å². The molecule has 4 nitrogen and oxygen atoms in total. The molecular formula is C17H14ClNO3. The number of nitrogens with one attached hydrogen (secondary N) is 1. The first-order valence-corrected chi connectivity index (χ1v) is 7.21. The molecule has 1 amide bonds. The lowest BCUT2D eigenvalue weighted by Gasteiger charge is -2.05. The highest BCUT2D eigenvalue weighted by molar-refractivity contribution is 6.31. The third-order valence-corrected chi connectivity index (χ3v) is 3.60. The summed E-state index contributed by atoms with van der Waals surface area (Å²) < 4.78 is 10.7. The van der Waals surface area contributed by atoms with E-state index >= 15 is 0 Å². The molecule has 0 fully saturated rings. The van der Waals surface area contributed by atoms with Crippen LogP contribution in [0.2, 0.25) is 5.02 Å². The third-order valence-electron chi connectivity index (χ3n) is 3.24. The van der Waals surface area contributed by atoms with Gasteiger partial charge >= 0.3 is 0 Å². The van der Waals surface area contributed by atoms with E-state index in [0.29, 0.717) is 23.1 Å². The Morgan fingerprint density at radius 1 is 1.14 bits per heavy atom. The lowest BCUT2D eigenvalue weighted by Crippen LogP contribution is -2.24. The second-order valence-corrected chi connectivity index (χ2v) is 5.23. The fourth-order valence-electron chi connectivity index (χ4n) is 2.10. The monoisotopic (exact) mass is 315 g/mol. The van der Waals surface area contributed by atoms with E-state index in [9.17, 15) is 4.79 Å². The van der Waals surface area contributed by atoms with Crippen LogP contribution in [-0.4, -0.2) is 5.91 Å². The second-order valence-electron chi connectivity index (χ2n) is 4.82. The van der Waals surface area contributed by atoms with Gasteiger partial charge in [0, 0.05) is 5.02 Å². The molecule has 0 atom stereocenters. The topological polar surface area (TPSA) is 55.4 Å². The molecule has 0 unspecified atom stereocenters. The molecule has 5 heteroatoms. The molecule has 0 aliphatic heterocycles. The average molecular weight is 316 g/mol. The summed E-state index contributed by atoms with van der Waals surface area (Å²) in [4.78, 5) is 11.9. The minimum Gasteiger partial charge on any atom is -0.472 e. The van der Waals surface area contributed by atoms with Gasteiger partial charge in [0.25, 0.3) is 0 Å². The number of carbonyl (C=O) groups is 1. The molecule has 2 aromatic heterocycles. The van der Waals surface area contributed by atoms with Crippen molar-refractivity contribution in [3.63, 3.8) is 0 Å². The molecule has 22 heavy (non-hydrogen) atoms. The molecule has 0 saturated carbocycles. The Bertz CT molecular complexity index is 762. The molecule has 0 aliphatic carbocycles. The Hall–Kier alpha value is -2.46. The van der Waals surface area contributed by atoms with E-state index < -0.39 is 0 Å². The van der Waals surface area contributed by atoms with Crippen LogP contribution in [0.1, 0.15) is 11.3 Å². The first-order chi connectivity index (χ1) is 10.7. The van der Waals surface area contributed by atoms with E-state index in [1.165, 1.54) is 0 Å². The smallest absolute Gasteiger partial charge is 0.224 e. The minimum absolute atomic E-state index is 0.102. The van der Waals surface area contributed by atoms with Gasteiger partial charge in [0.2, 0.25) is 5.91 Å². The molecule has 0 bridgehead atoms. The first kappa shape index (κ1) is 14.5. The van der Waals surface area contributed by atoms with Crippen LogP contribution in [-0.2, 0) is 17.8 Å². The first-order valence-electron chi connectivity index (χ1n) is 6.84. The standard InChI is InChI=1S/C17H14ClNO3/c18-15-4-2-1-3-12(15)9-17(20)19-10-14-5-6-16(22-14)13-7-8-21-11-13/h1-8,11H,9-10H2,(H,19,20). The van der Waals surface area contributed by atoms with Crippen LogP contribution in [0.25, 0.3) is 11.3 Å². The normalized spacial score (nSPS) is 10.6. The van der Waals surface area contributed by atoms with Crippen molar-refractivity contribution in [3.8, 4) is 11.3 Å². The van der Waals surface area contributed by atoms with E-state index in [2.05, 4.69) is 5.32 Å². The van der Waals surface area contributed by atoms with Crippen LogP contribution in [0, 0.1) is 0 Å². The fourth-order valence-corrected chi connectivity index (χ4v) is 2.30. The Kier molecular flexibility index (Phi) is 4.30. The number of furan rings is 2. The quantitative estimate of drug-likeness (QED) is 0.772. The summed E-state index contributed by atoms with van der Waals surface area (Å²) in [6, 6.07) is 12.8. The molecule has 1 aromatic carbocycles. The fraction of sp³-hybridized carbons (Fsp3) is 0.118. The number of rotatable bonds is 5. The van der Waals surface area contributed by atoms with E-state index in [4.69, 9.17) is 20.4 Å². The highest BCUT2D eigenvalue weighted by Crippen LogP contribution is 2.22. The van der Waals surface area contributed by atoms with Gasteiger partial charge in [-0.05, 0) is 29.8 Å². The maximum Gasteiger partial charge on any atom is 0.224 e. The Morgan fingerprint density at radius 3 is 2.77 bits per heavy atom. The summed E-state index contributed by atoms with van der Waals surface area (Å²) in [6.07, 6.45) is 3.44. The van der Waals surface area contributed by atoms with Crippen molar-refractivity contribution in [2.24, 2.45) is 0 Å². The zero-order valence-electron chi connectivity index (χ0n) is 11.7. The molecule has 0 saturated heterocycles. The summed E-state index contributed by atoms with van der Waals surface area (Å²) in [7, 11) is 0. The number of carbonyl (C=O) groups excluding carboxylic acids is 1. The van der Waals surface area contributed by atoms with E-state index in [-0.39, 0.29) is 12.3 Å². The van der Waals surface area contributed by atoms with Crippen molar-refractivity contribution in [2.75, 3.05) is 0 Å². The molecule has 112 valence electrons. The van der Waals surface area contributed by atoms with Crippen LogP contribution in [0.3, 0.4) is 0 Å². The second kappa shape index (κ2) is 6.54. The summed E-state index contributed by atoms with van der Waals surface area (Å²) in [6.45, 7) is 0.334. The molecule has 2 heterocycles. The number of halogens is 1. The highest BCUT2D eigenvalue weighted by Gasteiger charge is 2.09. The number of hydrogen-bond donors (Lipinski definition) is 1. The van der Waals surface area contributed by atoms with Crippen molar-refractivity contribution in [1.29, 1.82) is 0 Å². The van der Waals surface area contributed by atoms with Crippen molar-refractivity contribution in [3.05, 3.63) is 71.3 Å². The Labute approximate surface area is 132 Å². The van der Waals surface area contributed by atoms with Crippen molar-refractivity contribution in [2.45, 2.75) is 13.0 Å². The van der Waals surface area contributed by atoms with Gasteiger partial charge in [0.05, 0.1) is 24.8 Å². The van der Waals surface area contributed by atoms with Gasteiger partial charge in [-0.2, -0.15) is 0 Å². The van der Waals surface area contributed by atoms with Gasteiger partial charge in [-0.15, -0.1) is 0 Å². The molecule has 0 spiro atoms. The molecular weight excluding hydrogens is 302 g/mol. The zero-order chi connectivity index (χ0) is 15.4. The predicted octanol–water partition coefficient (Wildman–Crippen LogP) is 4.05. The van der Waals surface area contributed by atoms with Crippen LogP contribution in [0.5, 0.6) is 0 Å². The number of benzene rings is 1. The lowest BCUT2D eigenvalue weighted by atomic mass is 10.1. The predicted molar refractivity (Wildman–Crippen MR) is 83.4 cm³/mol. The highest BCUT2D eigenvalue weighted by atomic mass is 35.5. The van der Waals surface area contributed by atoms with Gasteiger partial charge in [-0.3, -0.25) is 4.79 Å². The Balaban J connectivity index is 1.56. The summed E-state index contributed by atoms with van der Waals surface area (Å²) in [5, 5.41) is 3.41. The van der Waals surface area contributed by atoms with Gasteiger partial charge in [-0.25, -0.2) is 0 Å². The molecule has 3 aromatic rings. The average Bonchev–Trinajstić information content (AvgIpc) is 3.18. The zero-order valence-corrected chi connectivity index (χ0v) is 12.5. The summed E-state index contributed by atoms with van der Waals surface area (Å²) in [5.74, 6) is 1.29. The third kappa shape index (κ3) is 3.40. The maximum absolute atomic E-state index is 11.9.